The first-order valence-corrected chi connectivity index (χ1v) is 9.43. The summed E-state index contributed by atoms with van der Waals surface area (Å²) < 4.78 is 11.8. The molecule has 0 radical (unpaired) electrons. The second-order valence-corrected chi connectivity index (χ2v) is 8.88. The Balaban J connectivity index is 1.74. The maximum Gasteiger partial charge on any atom is 0.334 e. The predicted molar refractivity (Wildman–Crippen MR) is 92.9 cm³/mol. The minimum absolute atomic E-state index is 0.227. The van der Waals surface area contributed by atoms with E-state index in [1.165, 1.54) is 0 Å². The van der Waals surface area contributed by atoms with Crippen LogP contribution in [0.4, 0.5) is 0 Å². The highest BCUT2D eigenvalue weighted by molar-refractivity contribution is 5.91. The van der Waals surface area contributed by atoms with Gasteiger partial charge in [-0.3, -0.25) is 0 Å². The van der Waals surface area contributed by atoms with E-state index in [1.807, 2.05) is 19.1 Å². The molecule has 0 aromatic heterocycles. The zero-order valence-electron chi connectivity index (χ0n) is 15.9. The summed E-state index contributed by atoms with van der Waals surface area (Å²) in [6.45, 7) is 12.4. The Hall–Kier alpha value is -1.21. The van der Waals surface area contributed by atoms with Crippen LogP contribution >= 0.6 is 0 Å². The molecule has 26 heavy (non-hydrogen) atoms. The van der Waals surface area contributed by atoms with Crippen molar-refractivity contribution in [3.8, 4) is 0 Å². The largest absolute Gasteiger partial charge is 0.458 e. The smallest absolute Gasteiger partial charge is 0.334 e. The van der Waals surface area contributed by atoms with Gasteiger partial charge in [-0.05, 0) is 38.7 Å². The van der Waals surface area contributed by atoms with Gasteiger partial charge in [0.15, 0.2) is 5.60 Å². The Bertz CT molecular complexity index is 667. The quantitative estimate of drug-likeness (QED) is 0.357. The fourth-order valence-electron chi connectivity index (χ4n) is 4.97. The molecule has 2 aliphatic heterocycles. The van der Waals surface area contributed by atoms with Crippen LogP contribution < -0.4 is 0 Å². The fourth-order valence-corrected chi connectivity index (χ4v) is 4.97. The van der Waals surface area contributed by atoms with E-state index in [0.29, 0.717) is 24.5 Å². The van der Waals surface area contributed by atoms with Crippen LogP contribution in [-0.2, 0) is 24.0 Å². The van der Waals surface area contributed by atoms with Gasteiger partial charge in [-0.15, -0.1) is 0 Å². The first kappa shape index (κ1) is 18.2. The second kappa shape index (κ2) is 5.64. The van der Waals surface area contributed by atoms with Crippen molar-refractivity contribution in [2.24, 2.45) is 17.8 Å². The van der Waals surface area contributed by atoms with Crippen LogP contribution in [0.2, 0.25) is 0 Å². The van der Waals surface area contributed by atoms with E-state index in [2.05, 4.69) is 20.4 Å². The minimum Gasteiger partial charge on any atom is -0.458 e. The van der Waals surface area contributed by atoms with E-state index >= 15 is 0 Å². The number of fused-ring (bicyclic) bond motifs is 1. The molecule has 6 nitrogen and oxygen atoms in total. The van der Waals surface area contributed by atoms with Crippen LogP contribution in [0, 0.1) is 17.8 Å². The van der Waals surface area contributed by atoms with E-state index in [1.54, 1.807) is 6.92 Å². The van der Waals surface area contributed by atoms with Crippen LogP contribution in [0.5, 0.6) is 0 Å². The Morgan fingerprint density at radius 1 is 1.35 bits per heavy atom. The number of esters is 1. The molecule has 4 rings (SSSR count). The summed E-state index contributed by atoms with van der Waals surface area (Å²) in [7, 11) is 0. The van der Waals surface area contributed by atoms with Gasteiger partial charge < -0.3 is 14.6 Å². The molecule has 2 heterocycles. The molecule has 7 unspecified atom stereocenters. The Labute approximate surface area is 154 Å². The number of hydrogen-bond donors (Lipinski definition) is 1. The van der Waals surface area contributed by atoms with E-state index < -0.39 is 29.0 Å². The van der Waals surface area contributed by atoms with Crippen molar-refractivity contribution >= 4 is 5.97 Å². The normalized spacial score (nSPS) is 49.3. The molecule has 3 fully saturated rings. The molecule has 6 heteroatoms. The van der Waals surface area contributed by atoms with Crippen LogP contribution in [0.3, 0.4) is 0 Å². The van der Waals surface area contributed by atoms with Gasteiger partial charge >= 0.3 is 5.97 Å². The van der Waals surface area contributed by atoms with Crippen LogP contribution in [0.1, 0.15) is 40.5 Å². The molecule has 1 N–H and O–H groups in total. The first-order valence-electron chi connectivity index (χ1n) is 9.43. The third-order valence-corrected chi connectivity index (χ3v) is 6.68. The van der Waals surface area contributed by atoms with Crippen molar-refractivity contribution in [1.29, 1.82) is 0 Å². The van der Waals surface area contributed by atoms with E-state index in [-0.39, 0.29) is 17.8 Å². The predicted octanol–water partition coefficient (Wildman–Crippen LogP) is 2.32. The van der Waals surface area contributed by atoms with Gasteiger partial charge in [0, 0.05) is 18.1 Å². The molecule has 7 atom stereocenters. The maximum atomic E-state index is 12.2. The highest BCUT2D eigenvalue weighted by Gasteiger charge is 2.75. The van der Waals surface area contributed by atoms with Crippen molar-refractivity contribution in [3.63, 3.8) is 0 Å². The van der Waals surface area contributed by atoms with E-state index in [0.717, 1.165) is 6.42 Å². The van der Waals surface area contributed by atoms with Crippen molar-refractivity contribution in [2.75, 3.05) is 6.61 Å². The zero-order valence-corrected chi connectivity index (χ0v) is 15.9. The lowest BCUT2D eigenvalue weighted by atomic mass is 9.70. The molecular weight excluding hydrogens is 336 g/mol. The summed E-state index contributed by atoms with van der Waals surface area (Å²) in [5.41, 5.74) is -2.77. The molecule has 0 aromatic rings. The topological polar surface area (TPSA) is 74.2 Å². The van der Waals surface area contributed by atoms with Gasteiger partial charge in [0.2, 0.25) is 0 Å². The maximum absolute atomic E-state index is 12.2. The van der Waals surface area contributed by atoms with Gasteiger partial charge in [-0.1, -0.05) is 26.5 Å². The first-order chi connectivity index (χ1) is 12.1. The lowest BCUT2D eigenvalue weighted by Gasteiger charge is -2.43. The number of rotatable bonds is 4. The summed E-state index contributed by atoms with van der Waals surface area (Å²) in [4.78, 5) is 23.6. The summed E-state index contributed by atoms with van der Waals surface area (Å²) >= 11 is 0. The summed E-state index contributed by atoms with van der Waals surface area (Å²) in [6, 6.07) is 0. The molecule has 2 bridgehead atoms. The number of aliphatic hydroxyl groups is 1. The number of carbonyl (C=O) groups is 1. The van der Waals surface area contributed by atoms with Crippen molar-refractivity contribution in [1.82, 2.24) is 0 Å². The summed E-state index contributed by atoms with van der Waals surface area (Å²) in [5, 5.41) is 11.6. The molecule has 4 aliphatic rings. The number of carbonyl (C=O) groups excluding carboxylic acids is 1. The highest BCUT2D eigenvalue weighted by atomic mass is 17.2. The monoisotopic (exact) mass is 364 g/mol. The Morgan fingerprint density at radius 2 is 2.08 bits per heavy atom. The fraction of sp³-hybridized carbons (Fsp3) is 0.750. The Morgan fingerprint density at radius 3 is 2.69 bits per heavy atom. The third kappa shape index (κ3) is 2.22. The second-order valence-electron chi connectivity index (χ2n) is 8.88. The Kier molecular flexibility index (Phi) is 3.94. The highest BCUT2D eigenvalue weighted by Crippen LogP contribution is 2.61. The van der Waals surface area contributed by atoms with E-state index in [4.69, 9.17) is 19.2 Å². The van der Waals surface area contributed by atoms with Crippen LogP contribution in [0.25, 0.3) is 0 Å². The molecule has 0 spiro atoms. The molecule has 0 aromatic carbocycles. The molecular formula is C20H28O6. The SMILES string of the molecule is C=C1C(=O)OC2C1CC(OCCC(C)C)C(C)(O)C13C=CC(C)(OO1)C23. The van der Waals surface area contributed by atoms with Crippen LogP contribution in [0.15, 0.2) is 24.3 Å². The van der Waals surface area contributed by atoms with Crippen molar-refractivity contribution < 1.29 is 29.1 Å². The van der Waals surface area contributed by atoms with Crippen molar-refractivity contribution in [3.05, 3.63) is 24.3 Å². The van der Waals surface area contributed by atoms with E-state index in [9.17, 15) is 9.90 Å². The van der Waals surface area contributed by atoms with Gasteiger partial charge in [0.1, 0.15) is 17.3 Å². The number of ether oxygens (including phenoxy) is 2. The van der Waals surface area contributed by atoms with Gasteiger partial charge in [-0.2, -0.15) is 0 Å². The summed E-state index contributed by atoms with van der Waals surface area (Å²) in [5.74, 6) is -0.463. The minimum atomic E-state index is -1.34. The third-order valence-electron chi connectivity index (χ3n) is 6.68. The van der Waals surface area contributed by atoms with Crippen LogP contribution in [-0.4, -0.2) is 46.7 Å². The van der Waals surface area contributed by atoms with Gasteiger partial charge in [0.25, 0.3) is 0 Å². The molecule has 0 amide bonds. The lowest BCUT2D eigenvalue weighted by Crippen LogP contribution is -2.61. The van der Waals surface area contributed by atoms with Gasteiger partial charge in [0.05, 0.1) is 12.0 Å². The average molecular weight is 364 g/mol. The molecule has 2 aliphatic carbocycles. The molecule has 144 valence electrons. The van der Waals surface area contributed by atoms with Crippen molar-refractivity contribution in [2.45, 2.75) is 69.5 Å². The lowest BCUT2D eigenvalue weighted by molar-refractivity contribution is -0.367. The van der Waals surface area contributed by atoms with Gasteiger partial charge in [-0.25, -0.2) is 14.6 Å². The summed E-state index contributed by atoms with van der Waals surface area (Å²) in [6.07, 6.45) is 4.13. The molecule has 2 saturated heterocycles. The zero-order chi connectivity index (χ0) is 18.9. The standard InChI is InChI=1S/C20H28O6/c1-11(2)6-9-23-14-10-13-12(3)17(21)24-15(13)16-18(4)7-8-20(16,26-25-18)19(14,5)22/h7-8,11,13-16,22H,3,6,9-10H2,1-2,4-5H3. The molecule has 1 saturated carbocycles. The number of hydrogen-bond acceptors (Lipinski definition) is 6. The average Bonchev–Trinajstić information content (AvgIpc) is 3.11.